The van der Waals surface area contributed by atoms with Crippen LogP contribution in [0.15, 0.2) is 30.8 Å². The van der Waals surface area contributed by atoms with E-state index in [-0.39, 0.29) is 29.3 Å². The number of halogens is 1. The van der Waals surface area contributed by atoms with Crippen LogP contribution in [0.4, 0.5) is 16.3 Å². The van der Waals surface area contributed by atoms with Crippen LogP contribution in [-0.2, 0) is 4.74 Å². The van der Waals surface area contributed by atoms with Gasteiger partial charge in [-0.15, -0.1) is 0 Å². The molecule has 4 heterocycles. The number of fused-ring (bicyclic) bond motifs is 1. The molecular formula is C36H45ClN6O6. The van der Waals surface area contributed by atoms with Gasteiger partial charge < -0.3 is 28.9 Å². The van der Waals surface area contributed by atoms with Crippen LogP contribution in [0.5, 0.6) is 11.8 Å². The van der Waals surface area contributed by atoms with Crippen molar-refractivity contribution in [2.24, 2.45) is 5.41 Å². The highest BCUT2D eigenvalue weighted by atomic mass is 35.5. The fourth-order valence-electron chi connectivity index (χ4n) is 7.04. The summed E-state index contributed by atoms with van der Waals surface area (Å²) in [6.45, 7) is 16.6. The van der Waals surface area contributed by atoms with E-state index in [1.54, 1.807) is 11.0 Å². The molecule has 1 aromatic heterocycles. The highest BCUT2D eigenvalue weighted by molar-refractivity contribution is 6.33. The number of hydrogen-bond donors (Lipinski definition) is 0. The van der Waals surface area contributed by atoms with Crippen molar-refractivity contribution >= 4 is 46.2 Å². The molecule has 1 spiro atoms. The predicted octanol–water partition coefficient (Wildman–Crippen LogP) is 7.21. The van der Waals surface area contributed by atoms with Crippen molar-refractivity contribution in [2.45, 2.75) is 65.1 Å². The molecule has 0 bridgehead atoms. The number of anilines is 1. The standard InChI is InChI=1S/C36H45ClN6O6/c1-7-23-19-27-30(31(47-8-2)29(23)26-20-24(43(45)46)9-10-28(26)37)38-33(48-25-11-15-40(6)16-12-25)39-32(27)41-17-13-36(14-18-41)21-42(22-36)34(44)49-35(3,4)5/h7,9-10,19-20,25H,1,8,11-18,21-22H2,2-6H3. The Hall–Kier alpha value is -4.16. The zero-order valence-corrected chi connectivity index (χ0v) is 29.7. The van der Waals surface area contributed by atoms with Crippen LogP contribution in [0.1, 0.15) is 58.9 Å². The second-order valence-corrected chi connectivity index (χ2v) is 14.8. The van der Waals surface area contributed by atoms with Crippen molar-refractivity contribution in [2.75, 3.05) is 57.8 Å². The second kappa shape index (κ2) is 13.6. The highest BCUT2D eigenvalue weighted by Gasteiger charge is 2.48. The summed E-state index contributed by atoms with van der Waals surface area (Å²) in [5.41, 5.74) is 1.67. The summed E-state index contributed by atoms with van der Waals surface area (Å²) < 4.78 is 18.4. The van der Waals surface area contributed by atoms with Gasteiger partial charge in [-0.3, -0.25) is 10.1 Å². The number of ether oxygens (including phenoxy) is 3. The monoisotopic (exact) mass is 692 g/mol. The third-order valence-electron chi connectivity index (χ3n) is 9.64. The van der Waals surface area contributed by atoms with Crippen molar-refractivity contribution < 1.29 is 23.9 Å². The molecule has 0 atom stereocenters. The summed E-state index contributed by atoms with van der Waals surface area (Å²) in [7, 11) is 2.10. The minimum atomic E-state index is -0.532. The Labute approximate surface area is 292 Å². The summed E-state index contributed by atoms with van der Waals surface area (Å²) in [6.07, 6.45) is 4.88. The molecule has 0 unspecified atom stereocenters. The molecule has 0 aliphatic carbocycles. The van der Waals surface area contributed by atoms with Gasteiger partial charge in [0.15, 0.2) is 5.75 Å². The number of rotatable bonds is 8. The average molecular weight is 693 g/mol. The number of aromatic nitrogens is 2. The molecule has 3 aliphatic rings. The van der Waals surface area contributed by atoms with Crippen molar-refractivity contribution in [3.8, 4) is 22.9 Å². The van der Waals surface area contributed by atoms with E-state index in [0.29, 0.717) is 52.7 Å². The number of non-ortho nitro benzene ring substituents is 1. The number of hydrogen-bond acceptors (Lipinski definition) is 10. The number of nitro groups is 1. The van der Waals surface area contributed by atoms with E-state index in [9.17, 15) is 14.9 Å². The third kappa shape index (κ3) is 7.26. The van der Waals surface area contributed by atoms with E-state index in [2.05, 4.69) is 23.4 Å². The van der Waals surface area contributed by atoms with Crippen molar-refractivity contribution in [1.29, 1.82) is 0 Å². The Bertz CT molecular complexity index is 1750. The Balaban J connectivity index is 1.40. The van der Waals surface area contributed by atoms with Crippen LogP contribution >= 0.6 is 11.6 Å². The third-order valence-corrected chi connectivity index (χ3v) is 9.97. The van der Waals surface area contributed by atoms with Crippen molar-refractivity contribution in [3.05, 3.63) is 51.5 Å². The molecule has 0 radical (unpaired) electrons. The zero-order valence-electron chi connectivity index (χ0n) is 29.0. The van der Waals surface area contributed by atoms with Gasteiger partial charge in [0.05, 0.1) is 11.5 Å². The molecule has 13 heteroatoms. The Morgan fingerprint density at radius 1 is 1.14 bits per heavy atom. The van der Waals surface area contributed by atoms with Gasteiger partial charge in [0, 0.05) is 78.4 Å². The molecule has 3 aromatic rings. The van der Waals surface area contributed by atoms with E-state index in [0.717, 1.165) is 63.1 Å². The Morgan fingerprint density at radius 3 is 2.45 bits per heavy atom. The summed E-state index contributed by atoms with van der Waals surface area (Å²) in [4.78, 5) is 40.3. The number of likely N-dealkylation sites (tertiary alicyclic amines) is 2. The lowest BCUT2D eigenvalue weighted by atomic mass is 9.72. The van der Waals surface area contributed by atoms with Crippen molar-refractivity contribution in [1.82, 2.24) is 19.8 Å². The van der Waals surface area contributed by atoms with Gasteiger partial charge in [-0.1, -0.05) is 24.3 Å². The van der Waals surface area contributed by atoms with E-state index < -0.39 is 10.5 Å². The number of carbonyl (C=O) groups is 1. The van der Waals surface area contributed by atoms with Gasteiger partial charge in [-0.25, -0.2) is 4.79 Å². The first-order chi connectivity index (χ1) is 23.3. The summed E-state index contributed by atoms with van der Waals surface area (Å²) >= 11 is 6.71. The lowest BCUT2D eigenvalue weighted by molar-refractivity contribution is -0.384. The molecule has 1 amide bonds. The Kier molecular flexibility index (Phi) is 9.65. The lowest BCUT2D eigenvalue weighted by Gasteiger charge is -2.53. The van der Waals surface area contributed by atoms with Gasteiger partial charge in [0.1, 0.15) is 23.0 Å². The van der Waals surface area contributed by atoms with E-state index in [1.807, 2.05) is 33.8 Å². The number of carbonyl (C=O) groups excluding carboxylic acids is 1. The average Bonchev–Trinajstić information content (AvgIpc) is 3.04. The smallest absolute Gasteiger partial charge is 0.410 e. The van der Waals surface area contributed by atoms with Crippen LogP contribution in [0.25, 0.3) is 28.1 Å². The maximum atomic E-state index is 12.7. The SMILES string of the molecule is C=Cc1cc2c(N3CCC4(CC3)CN(C(=O)OC(C)(C)C)C4)nc(OC3CCN(C)CC3)nc2c(OCC)c1-c1cc([N+](=O)[O-])ccc1Cl. The van der Waals surface area contributed by atoms with E-state index in [4.69, 9.17) is 35.8 Å². The topological polar surface area (TPSA) is 123 Å². The molecular weight excluding hydrogens is 648 g/mol. The maximum absolute atomic E-state index is 12.7. The van der Waals surface area contributed by atoms with Crippen LogP contribution < -0.4 is 14.4 Å². The van der Waals surface area contributed by atoms with Gasteiger partial charge >= 0.3 is 12.1 Å². The molecule has 0 N–H and O–H groups in total. The van der Waals surface area contributed by atoms with E-state index in [1.165, 1.54) is 18.2 Å². The first-order valence-electron chi connectivity index (χ1n) is 17.0. The highest BCUT2D eigenvalue weighted by Crippen LogP contribution is 2.47. The summed E-state index contributed by atoms with van der Waals surface area (Å²) in [5, 5.41) is 12.9. The van der Waals surface area contributed by atoms with Gasteiger partial charge in [0.2, 0.25) is 0 Å². The first kappa shape index (κ1) is 34.7. The maximum Gasteiger partial charge on any atom is 0.410 e. The molecule has 0 saturated carbocycles. The molecule has 49 heavy (non-hydrogen) atoms. The van der Waals surface area contributed by atoms with Crippen LogP contribution in [0, 0.1) is 15.5 Å². The number of benzene rings is 2. The molecule has 3 aliphatic heterocycles. The number of piperidine rings is 2. The van der Waals surface area contributed by atoms with Crippen LogP contribution in [0.2, 0.25) is 5.02 Å². The lowest BCUT2D eigenvalue weighted by Crippen LogP contribution is -2.62. The molecule has 3 fully saturated rings. The first-order valence-corrected chi connectivity index (χ1v) is 17.3. The largest absolute Gasteiger partial charge is 0.491 e. The molecule has 12 nitrogen and oxygen atoms in total. The normalized spacial score (nSPS) is 18.3. The quantitative estimate of drug-likeness (QED) is 0.177. The van der Waals surface area contributed by atoms with Crippen molar-refractivity contribution in [3.63, 3.8) is 0 Å². The predicted molar refractivity (Wildman–Crippen MR) is 191 cm³/mol. The van der Waals surface area contributed by atoms with Gasteiger partial charge in [-0.2, -0.15) is 9.97 Å². The fourth-order valence-corrected chi connectivity index (χ4v) is 7.25. The second-order valence-electron chi connectivity index (χ2n) is 14.4. The number of amides is 1. The van der Waals surface area contributed by atoms with Crippen LogP contribution in [-0.4, -0.2) is 95.4 Å². The zero-order chi connectivity index (χ0) is 35.1. The molecule has 262 valence electrons. The summed E-state index contributed by atoms with van der Waals surface area (Å²) in [5.74, 6) is 1.17. The van der Waals surface area contributed by atoms with Gasteiger partial charge in [-0.05, 0) is 78.1 Å². The molecule has 6 rings (SSSR count). The minimum absolute atomic E-state index is 0.0337. The molecule has 2 aromatic carbocycles. The summed E-state index contributed by atoms with van der Waals surface area (Å²) in [6, 6.07) is 6.59. The van der Waals surface area contributed by atoms with E-state index >= 15 is 0 Å². The number of nitrogens with zero attached hydrogens (tertiary/aromatic N) is 6. The fraction of sp³-hybridized carbons (Fsp3) is 0.528. The Morgan fingerprint density at radius 2 is 1.84 bits per heavy atom. The van der Waals surface area contributed by atoms with Gasteiger partial charge in [0.25, 0.3) is 5.69 Å². The van der Waals surface area contributed by atoms with Crippen LogP contribution in [0.3, 0.4) is 0 Å². The number of nitro benzene ring substituents is 1. The molecule has 3 saturated heterocycles. The minimum Gasteiger partial charge on any atom is -0.491 e.